The van der Waals surface area contributed by atoms with Crippen LogP contribution in [0.4, 0.5) is 0 Å². The van der Waals surface area contributed by atoms with E-state index in [-0.39, 0.29) is 51.0 Å². The van der Waals surface area contributed by atoms with Crippen molar-refractivity contribution in [3.05, 3.63) is 71.9 Å². The number of H-pyrrole nitrogens is 1. The lowest BCUT2D eigenvalue weighted by Gasteiger charge is -2.25. The fourth-order valence-corrected chi connectivity index (χ4v) is 4.83. The Balaban J connectivity index is 1.76. The Hall–Kier alpha value is -5.44. The van der Waals surface area contributed by atoms with Crippen molar-refractivity contribution in [3.63, 3.8) is 0 Å². The molecule has 4 atom stereocenters. The van der Waals surface area contributed by atoms with Gasteiger partial charge in [0.1, 0.15) is 18.1 Å². The first-order valence-electron chi connectivity index (χ1n) is 14.8. The van der Waals surface area contributed by atoms with E-state index in [1.165, 1.54) is 0 Å². The van der Waals surface area contributed by atoms with Crippen molar-refractivity contribution >= 4 is 46.5 Å². The van der Waals surface area contributed by atoms with Gasteiger partial charge in [0.25, 0.3) is 0 Å². The number of benzene rings is 2. The largest absolute Gasteiger partial charge is 0.480 e. The maximum absolute atomic E-state index is 13.5. The van der Waals surface area contributed by atoms with Crippen LogP contribution in [0.1, 0.15) is 36.8 Å². The minimum absolute atomic E-state index is 0.0256. The lowest BCUT2D eigenvalue weighted by molar-refractivity contribution is -0.142. The predicted molar refractivity (Wildman–Crippen MR) is 172 cm³/mol. The van der Waals surface area contributed by atoms with Crippen molar-refractivity contribution < 1.29 is 29.1 Å². The Labute approximate surface area is 265 Å². The second-order valence-corrected chi connectivity index (χ2v) is 10.8. The molecule has 3 rings (SSSR count). The number of nitrogens with one attached hydrogen (secondary N) is 4. The number of carboxylic acid groups (broad SMARTS) is 1. The number of fused-ring (bicyclic) bond motifs is 1. The number of guanidine groups is 1. The van der Waals surface area contributed by atoms with Crippen molar-refractivity contribution in [1.82, 2.24) is 20.9 Å². The first-order valence-corrected chi connectivity index (χ1v) is 14.8. The topological polar surface area (TPSA) is 274 Å². The average Bonchev–Trinajstić information content (AvgIpc) is 3.42. The monoisotopic (exact) mass is 635 g/mol. The van der Waals surface area contributed by atoms with Gasteiger partial charge in [-0.1, -0.05) is 48.5 Å². The summed E-state index contributed by atoms with van der Waals surface area (Å²) in [6.45, 7) is 0.135. The van der Waals surface area contributed by atoms with Gasteiger partial charge in [0.15, 0.2) is 5.96 Å². The zero-order valence-corrected chi connectivity index (χ0v) is 25.3. The highest BCUT2D eigenvalue weighted by molar-refractivity contribution is 5.94. The summed E-state index contributed by atoms with van der Waals surface area (Å²) >= 11 is 0. The number of aliphatic carboxylic acids is 1. The molecule has 4 unspecified atom stereocenters. The number of nitrogens with two attached hydrogens (primary N) is 4. The number of carboxylic acids is 1. The lowest BCUT2D eigenvalue weighted by Crippen LogP contribution is -2.57. The molecule has 0 fully saturated rings. The summed E-state index contributed by atoms with van der Waals surface area (Å²) < 4.78 is 0. The maximum Gasteiger partial charge on any atom is 0.326 e. The second-order valence-electron chi connectivity index (χ2n) is 10.8. The van der Waals surface area contributed by atoms with E-state index in [1.807, 2.05) is 30.3 Å². The zero-order valence-electron chi connectivity index (χ0n) is 25.3. The molecule has 15 nitrogen and oxygen atoms in total. The first kappa shape index (κ1) is 35.0. The van der Waals surface area contributed by atoms with Crippen molar-refractivity contribution in [2.45, 2.75) is 62.7 Å². The van der Waals surface area contributed by atoms with Gasteiger partial charge in [0, 0.05) is 36.5 Å². The number of hydrogen-bond donors (Lipinski definition) is 9. The Morgan fingerprint density at radius 2 is 1.39 bits per heavy atom. The predicted octanol–water partition coefficient (Wildman–Crippen LogP) is -0.861. The average molecular weight is 636 g/mol. The number of primary amides is 1. The van der Waals surface area contributed by atoms with Gasteiger partial charge >= 0.3 is 5.97 Å². The van der Waals surface area contributed by atoms with Gasteiger partial charge in [-0.05, 0) is 42.9 Å². The highest BCUT2D eigenvalue weighted by atomic mass is 16.4. The van der Waals surface area contributed by atoms with Crippen LogP contribution in [0.2, 0.25) is 0 Å². The zero-order chi connectivity index (χ0) is 33.6. The minimum Gasteiger partial charge on any atom is -0.480 e. The van der Waals surface area contributed by atoms with Gasteiger partial charge in [-0.25, -0.2) is 4.79 Å². The number of aromatic nitrogens is 1. The van der Waals surface area contributed by atoms with Gasteiger partial charge < -0.3 is 49.0 Å². The summed E-state index contributed by atoms with van der Waals surface area (Å²) in [5.74, 6) is -4.34. The SMILES string of the molecule is NC(=O)CCC(NC(=O)C(N)Cc1ccccc1)C(=O)NC(CCCN=C(N)N)C(=O)NC(Cc1c[nH]c2ccccc12)C(=O)O. The standard InChI is InChI=1S/C31H41N9O6/c32-21(15-18-7-2-1-3-8-18)27(42)38-24(12-13-26(33)41)29(44)39-23(11-6-14-36-31(34)35)28(43)40-25(30(45)46)16-19-17-37-22-10-5-4-9-20(19)22/h1-5,7-10,17,21,23-25,37H,6,11-16,32H2,(H2,33,41)(H,38,42)(H,39,44)(H,40,43)(H,45,46)(H4,34,35,36). The Morgan fingerprint density at radius 3 is 2.04 bits per heavy atom. The molecule has 0 saturated carbocycles. The number of hydrogen-bond acceptors (Lipinski definition) is 7. The Kier molecular flexibility index (Phi) is 13.1. The molecule has 1 heterocycles. The summed E-state index contributed by atoms with van der Waals surface area (Å²) in [6, 6.07) is 11.5. The Morgan fingerprint density at radius 1 is 0.783 bits per heavy atom. The molecule has 0 radical (unpaired) electrons. The minimum atomic E-state index is -1.33. The van der Waals surface area contributed by atoms with Gasteiger partial charge in [0.2, 0.25) is 23.6 Å². The van der Waals surface area contributed by atoms with E-state index in [2.05, 4.69) is 25.9 Å². The molecule has 0 aliphatic rings. The van der Waals surface area contributed by atoms with E-state index >= 15 is 0 Å². The molecule has 13 N–H and O–H groups in total. The molecule has 0 aliphatic carbocycles. The fourth-order valence-electron chi connectivity index (χ4n) is 4.83. The van der Waals surface area contributed by atoms with Crippen LogP contribution >= 0.6 is 0 Å². The number of aromatic amines is 1. The molecule has 246 valence electrons. The lowest BCUT2D eigenvalue weighted by atomic mass is 10.0. The van der Waals surface area contributed by atoms with E-state index in [9.17, 15) is 29.1 Å². The number of aliphatic imine (C=N–C) groups is 1. The first-order chi connectivity index (χ1) is 21.9. The highest BCUT2D eigenvalue weighted by Gasteiger charge is 2.31. The molecule has 2 aromatic carbocycles. The van der Waals surface area contributed by atoms with Crippen LogP contribution in [0.5, 0.6) is 0 Å². The molecule has 0 bridgehead atoms. The van der Waals surface area contributed by atoms with E-state index in [0.717, 1.165) is 16.5 Å². The van der Waals surface area contributed by atoms with E-state index in [4.69, 9.17) is 22.9 Å². The molecular weight excluding hydrogens is 594 g/mol. The molecule has 1 aromatic heterocycles. The number of nitrogens with zero attached hydrogens (tertiary/aromatic N) is 1. The van der Waals surface area contributed by atoms with Crippen LogP contribution in [0.25, 0.3) is 10.9 Å². The molecule has 4 amide bonds. The van der Waals surface area contributed by atoms with E-state index < -0.39 is 53.8 Å². The second kappa shape index (κ2) is 17.2. The third-order valence-electron chi connectivity index (χ3n) is 7.24. The number of carbonyl (C=O) groups is 5. The molecule has 46 heavy (non-hydrogen) atoms. The third kappa shape index (κ3) is 10.9. The number of rotatable bonds is 18. The highest BCUT2D eigenvalue weighted by Crippen LogP contribution is 2.19. The molecule has 3 aromatic rings. The fraction of sp³-hybridized carbons (Fsp3) is 0.355. The summed E-state index contributed by atoms with van der Waals surface area (Å²) in [6.07, 6.45) is 1.71. The normalized spacial score (nSPS) is 13.5. The van der Waals surface area contributed by atoms with Crippen molar-refractivity contribution in [2.75, 3.05) is 6.54 Å². The van der Waals surface area contributed by atoms with Crippen molar-refractivity contribution in [1.29, 1.82) is 0 Å². The summed E-state index contributed by atoms with van der Waals surface area (Å²) in [5.41, 5.74) is 24.5. The third-order valence-corrected chi connectivity index (χ3v) is 7.24. The van der Waals surface area contributed by atoms with Gasteiger partial charge in [0.05, 0.1) is 6.04 Å². The van der Waals surface area contributed by atoms with Crippen LogP contribution in [0.15, 0.2) is 65.8 Å². The molecular formula is C31H41N9O6. The molecule has 0 saturated heterocycles. The summed E-state index contributed by atoms with van der Waals surface area (Å²) in [4.78, 5) is 70.6. The van der Waals surface area contributed by atoms with Crippen LogP contribution in [0, 0.1) is 0 Å². The Bertz CT molecular complexity index is 1540. The molecule has 0 aliphatic heterocycles. The smallest absolute Gasteiger partial charge is 0.326 e. The van der Waals surface area contributed by atoms with Crippen LogP contribution in [-0.2, 0) is 36.8 Å². The van der Waals surface area contributed by atoms with Crippen molar-refractivity contribution in [2.24, 2.45) is 27.9 Å². The molecule has 15 heteroatoms. The summed E-state index contributed by atoms with van der Waals surface area (Å²) in [7, 11) is 0. The van der Waals surface area contributed by atoms with Gasteiger partial charge in [-0.2, -0.15) is 0 Å². The maximum atomic E-state index is 13.5. The molecule has 0 spiro atoms. The van der Waals surface area contributed by atoms with Gasteiger partial charge in [-0.15, -0.1) is 0 Å². The van der Waals surface area contributed by atoms with E-state index in [0.29, 0.717) is 5.56 Å². The quantitative estimate of drug-likeness (QED) is 0.0477. The number of carbonyl (C=O) groups excluding carboxylic acids is 4. The van der Waals surface area contributed by atoms with Crippen LogP contribution in [0.3, 0.4) is 0 Å². The van der Waals surface area contributed by atoms with Crippen LogP contribution < -0.4 is 38.9 Å². The summed E-state index contributed by atoms with van der Waals surface area (Å²) in [5, 5.41) is 18.4. The number of amides is 4. The van der Waals surface area contributed by atoms with Crippen LogP contribution in [-0.4, -0.2) is 76.4 Å². The van der Waals surface area contributed by atoms with E-state index in [1.54, 1.807) is 30.5 Å². The van der Waals surface area contributed by atoms with Gasteiger partial charge in [-0.3, -0.25) is 24.2 Å². The number of para-hydroxylation sites is 1. The van der Waals surface area contributed by atoms with Crippen molar-refractivity contribution in [3.8, 4) is 0 Å².